The van der Waals surface area contributed by atoms with Crippen molar-refractivity contribution in [3.8, 4) is 0 Å². The highest BCUT2D eigenvalue weighted by atomic mass is 79.9. The average molecular weight is 353 g/mol. The molecule has 0 heterocycles. The monoisotopic (exact) mass is 351 g/mol. The number of rotatable bonds is 3. The summed E-state index contributed by atoms with van der Waals surface area (Å²) < 4.78 is 0.829. The van der Waals surface area contributed by atoms with Gasteiger partial charge in [-0.15, -0.1) is 0 Å². The molecule has 0 amide bonds. The summed E-state index contributed by atoms with van der Waals surface area (Å²) in [6.07, 6.45) is 2.51. The fraction of sp³-hybridized carbons (Fsp3) is 0.250. The molecule has 2 aromatic carbocycles. The molecule has 2 nitrogen and oxygen atoms in total. The Labute approximate surface area is 131 Å². The van der Waals surface area contributed by atoms with E-state index in [2.05, 4.69) is 15.9 Å². The van der Waals surface area contributed by atoms with Crippen LogP contribution < -0.4 is 5.73 Å². The van der Waals surface area contributed by atoms with Crippen molar-refractivity contribution >= 4 is 27.5 Å². The molecule has 3 rings (SSSR count). The van der Waals surface area contributed by atoms with E-state index in [1.165, 1.54) is 18.4 Å². The molecule has 20 heavy (non-hydrogen) atoms. The number of nitrogens with two attached hydrogens (primary N) is 1. The molecule has 4 heteroatoms. The molecule has 2 aromatic rings. The van der Waals surface area contributed by atoms with E-state index >= 15 is 0 Å². The van der Waals surface area contributed by atoms with Crippen LogP contribution in [0.1, 0.15) is 35.4 Å². The third kappa shape index (κ3) is 2.63. The van der Waals surface area contributed by atoms with Crippen molar-refractivity contribution in [2.75, 3.05) is 0 Å². The third-order valence-electron chi connectivity index (χ3n) is 3.74. The quantitative estimate of drug-likeness (QED) is 0.816. The summed E-state index contributed by atoms with van der Waals surface area (Å²) in [5.74, 6) is 0.685. The summed E-state index contributed by atoms with van der Waals surface area (Å²) in [4.78, 5) is 0. The van der Waals surface area contributed by atoms with Crippen LogP contribution in [0, 0.1) is 0 Å². The zero-order chi connectivity index (χ0) is 14.3. The highest BCUT2D eigenvalue weighted by Crippen LogP contribution is 2.40. The minimum absolute atomic E-state index is 0.449. The molecule has 1 fully saturated rings. The van der Waals surface area contributed by atoms with E-state index in [1.807, 2.05) is 30.3 Å². The van der Waals surface area contributed by atoms with Gasteiger partial charge in [-0.3, -0.25) is 5.73 Å². The first kappa shape index (κ1) is 14.1. The number of halogens is 2. The highest BCUT2D eigenvalue weighted by Gasteiger charge is 2.30. The van der Waals surface area contributed by atoms with Crippen molar-refractivity contribution < 1.29 is 5.11 Å². The van der Waals surface area contributed by atoms with Gasteiger partial charge in [0.1, 0.15) is 0 Å². The Morgan fingerprint density at radius 1 is 1.15 bits per heavy atom. The Bertz CT molecular complexity index is 635. The summed E-state index contributed by atoms with van der Waals surface area (Å²) in [6.45, 7) is 0. The predicted octanol–water partition coefficient (Wildman–Crippen LogP) is 4.13. The van der Waals surface area contributed by atoms with Crippen LogP contribution in [0.5, 0.6) is 0 Å². The molecular weight excluding hydrogens is 338 g/mol. The van der Waals surface area contributed by atoms with E-state index in [4.69, 9.17) is 17.3 Å². The maximum Gasteiger partial charge on any atom is 0.167 e. The van der Waals surface area contributed by atoms with Gasteiger partial charge in [0.05, 0.1) is 0 Å². The molecule has 1 saturated carbocycles. The molecular formula is C16H15BrClNO. The molecule has 1 aliphatic rings. The smallest absolute Gasteiger partial charge is 0.167 e. The van der Waals surface area contributed by atoms with Crippen LogP contribution in [-0.4, -0.2) is 5.11 Å². The van der Waals surface area contributed by atoms with Gasteiger partial charge in [-0.1, -0.05) is 51.8 Å². The first-order chi connectivity index (χ1) is 9.48. The molecule has 1 unspecified atom stereocenters. The predicted molar refractivity (Wildman–Crippen MR) is 84.8 cm³/mol. The molecule has 0 radical (unpaired) electrons. The third-order valence-corrected chi connectivity index (χ3v) is 4.56. The van der Waals surface area contributed by atoms with Crippen LogP contribution in [0.15, 0.2) is 46.9 Å². The second kappa shape index (κ2) is 5.15. The van der Waals surface area contributed by atoms with Gasteiger partial charge in [0.2, 0.25) is 0 Å². The van der Waals surface area contributed by atoms with Crippen LogP contribution in [0.2, 0.25) is 5.02 Å². The van der Waals surface area contributed by atoms with Crippen molar-refractivity contribution in [3.05, 3.63) is 68.7 Å². The van der Waals surface area contributed by atoms with Crippen molar-refractivity contribution in [1.82, 2.24) is 0 Å². The lowest BCUT2D eigenvalue weighted by molar-refractivity contribution is 0.0884. The molecule has 1 aliphatic carbocycles. The number of hydrogen-bond acceptors (Lipinski definition) is 2. The number of benzene rings is 2. The number of hydrogen-bond donors (Lipinski definition) is 2. The van der Waals surface area contributed by atoms with E-state index in [-0.39, 0.29) is 0 Å². The second-order valence-electron chi connectivity index (χ2n) is 5.29. The summed E-state index contributed by atoms with van der Waals surface area (Å²) in [6, 6.07) is 13.1. The van der Waals surface area contributed by atoms with Crippen molar-refractivity contribution in [2.45, 2.75) is 24.5 Å². The van der Waals surface area contributed by atoms with Crippen molar-refractivity contribution in [1.29, 1.82) is 0 Å². The van der Waals surface area contributed by atoms with Crippen LogP contribution in [0.25, 0.3) is 0 Å². The Hall–Kier alpha value is -0.870. The largest absolute Gasteiger partial charge is 0.368 e. The van der Waals surface area contributed by atoms with E-state index in [0.717, 1.165) is 4.47 Å². The van der Waals surface area contributed by atoms with Crippen LogP contribution in [0.4, 0.5) is 0 Å². The maximum atomic E-state index is 10.7. The molecule has 0 aromatic heterocycles. The summed E-state index contributed by atoms with van der Waals surface area (Å²) >= 11 is 9.54. The standard InChI is InChI=1S/C16H15BrClNO/c17-13-7-8-15(18)14(9-13)16(19,20)12-5-3-11(4-6-12)10-1-2-10/h3-10,20H,1-2,19H2. The molecule has 0 saturated heterocycles. The van der Waals surface area contributed by atoms with E-state index in [9.17, 15) is 5.11 Å². The summed E-state index contributed by atoms with van der Waals surface area (Å²) in [7, 11) is 0. The van der Waals surface area contributed by atoms with Gasteiger partial charge in [-0.05, 0) is 42.5 Å². The molecule has 0 bridgehead atoms. The van der Waals surface area contributed by atoms with E-state index in [0.29, 0.717) is 22.1 Å². The van der Waals surface area contributed by atoms with E-state index in [1.54, 1.807) is 12.1 Å². The zero-order valence-electron chi connectivity index (χ0n) is 10.8. The van der Waals surface area contributed by atoms with Gasteiger partial charge in [0.25, 0.3) is 0 Å². The minimum Gasteiger partial charge on any atom is -0.368 e. The Morgan fingerprint density at radius 3 is 2.40 bits per heavy atom. The Kier molecular flexibility index (Phi) is 3.63. The van der Waals surface area contributed by atoms with Gasteiger partial charge in [0.15, 0.2) is 5.72 Å². The average Bonchev–Trinajstić information content (AvgIpc) is 3.26. The van der Waals surface area contributed by atoms with Crippen LogP contribution in [0.3, 0.4) is 0 Å². The lowest BCUT2D eigenvalue weighted by Gasteiger charge is -2.25. The lowest BCUT2D eigenvalue weighted by Crippen LogP contribution is -2.37. The first-order valence-corrected chi connectivity index (χ1v) is 7.73. The second-order valence-corrected chi connectivity index (χ2v) is 6.61. The molecule has 3 N–H and O–H groups in total. The van der Waals surface area contributed by atoms with Crippen molar-refractivity contribution in [2.24, 2.45) is 5.73 Å². The fourth-order valence-corrected chi connectivity index (χ4v) is 2.99. The van der Waals surface area contributed by atoms with Gasteiger partial charge < -0.3 is 5.11 Å². The normalized spacial score (nSPS) is 17.8. The van der Waals surface area contributed by atoms with E-state index < -0.39 is 5.72 Å². The highest BCUT2D eigenvalue weighted by molar-refractivity contribution is 9.10. The van der Waals surface area contributed by atoms with Gasteiger partial charge >= 0.3 is 0 Å². The first-order valence-electron chi connectivity index (χ1n) is 6.55. The molecule has 0 spiro atoms. The SMILES string of the molecule is NC(O)(c1ccc(C2CC2)cc1)c1cc(Br)ccc1Cl. The maximum absolute atomic E-state index is 10.7. The Morgan fingerprint density at radius 2 is 1.80 bits per heavy atom. The van der Waals surface area contributed by atoms with Gasteiger partial charge in [-0.2, -0.15) is 0 Å². The van der Waals surface area contributed by atoms with Crippen LogP contribution in [-0.2, 0) is 5.72 Å². The Balaban J connectivity index is 1.99. The topological polar surface area (TPSA) is 46.2 Å². The minimum atomic E-state index is -1.59. The molecule has 1 atom stereocenters. The zero-order valence-corrected chi connectivity index (χ0v) is 13.2. The number of aliphatic hydroxyl groups is 1. The fourth-order valence-electron chi connectivity index (χ4n) is 2.37. The summed E-state index contributed by atoms with van der Waals surface area (Å²) in [5.41, 5.74) is 6.97. The van der Waals surface area contributed by atoms with Gasteiger partial charge in [-0.25, -0.2) is 0 Å². The van der Waals surface area contributed by atoms with Gasteiger partial charge in [0, 0.05) is 20.6 Å². The van der Waals surface area contributed by atoms with Crippen LogP contribution >= 0.6 is 27.5 Å². The summed E-state index contributed by atoms with van der Waals surface area (Å²) in [5, 5.41) is 11.1. The molecule has 104 valence electrons. The van der Waals surface area contributed by atoms with Crippen molar-refractivity contribution in [3.63, 3.8) is 0 Å². The molecule has 0 aliphatic heterocycles. The lowest BCUT2D eigenvalue weighted by atomic mass is 9.94.